The summed E-state index contributed by atoms with van der Waals surface area (Å²) in [7, 11) is 0. The summed E-state index contributed by atoms with van der Waals surface area (Å²) in [5.41, 5.74) is 5.16. The van der Waals surface area contributed by atoms with Crippen LogP contribution in [0.4, 0.5) is 15.8 Å². The molecule has 0 unspecified atom stereocenters. The summed E-state index contributed by atoms with van der Waals surface area (Å²) < 4.78 is 15.6. The van der Waals surface area contributed by atoms with Gasteiger partial charge in [0, 0.05) is 30.3 Å². The number of rotatable bonds is 10. The number of nitrogen functional groups attached to an aromatic ring is 1. The maximum Gasteiger partial charge on any atom is 0.331 e. The van der Waals surface area contributed by atoms with Crippen molar-refractivity contribution < 1.29 is 29.0 Å². The Morgan fingerprint density at radius 3 is 2.52 bits per heavy atom. The zero-order valence-corrected chi connectivity index (χ0v) is 23.2. The van der Waals surface area contributed by atoms with Gasteiger partial charge in [0.15, 0.2) is 0 Å². The molecule has 2 amide bonds. The predicted molar refractivity (Wildman–Crippen MR) is 155 cm³/mol. The minimum absolute atomic E-state index is 0.0581. The maximum atomic E-state index is 14.4. The number of anilines is 2. The van der Waals surface area contributed by atoms with E-state index in [1.807, 2.05) is 0 Å². The first kappa shape index (κ1) is 29.6. The molecule has 44 heavy (non-hydrogen) atoms. The standard InChI is InChI=1S/C29H26FN7O7/c1-13(15-3-5-16(6-4-15)28(43)44)34-26(41)19-9-20(37-12-21(38)36-29(37)35-19)27(42)33-10-14-2-7-18(30)17(8-14)11-32-23-22(31)24(39)25(23)40/h2-3,5,7-9,12-13,32,38H,4,6,10-11,31H2,1H3,(H,33,42)(H,34,41)(H,43,44)/t13-/m1/s1. The van der Waals surface area contributed by atoms with Crippen LogP contribution in [-0.4, -0.2) is 48.4 Å². The number of amides is 2. The SMILES string of the molecule is C[C@@H](NC(=O)c1cc(C(=O)NCc2ccc(F)c(CNc3c(N)c(=O)c3=O)c2)n2cc(O)nc2n1)C1=CC=C(C(=O)O)CC1. The van der Waals surface area contributed by atoms with E-state index in [-0.39, 0.29) is 52.8 Å². The van der Waals surface area contributed by atoms with Crippen molar-refractivity contribution in [3.05, 3.63) is 103 Å². The largest absolute Gasteiger partial charge is 0.492 e. The van der Waals surface area contributed by atoms with Gasteiger partial charge in [-0.1, -0.05) is 18.2 Å². The first-order valence-electron chi connectivity index (χ1n) is 13.3. The number of carboxylic acid groups (broad SMARTS) is 1. The molecule has 2 aromatic carbocycles. The summed E-state index contributed by atoms with van der Waals surface area (Å²) in [5.74, 6) is -3.39. The molecule has 0 spiro atoms. The highest BCUT2D eigenvalue weighted by Crippen LogP contribution is 2.22. The van der Waals surface area contributed by atoms with E-state index in [4.69, 9.17) is 10.8 Å². The lowest BCUT2D eigenvalue weighted by Crippen LogP contribution is -2.37. The van der Waals surface area contributed by atoms with E-state index >= 15 is 0 Å². The van der Waals surface area contributed by atoms with Gasteiger partial charge in [-0.25, -0.2) is 14.2 Å². The van der Waals surface area contributed by atoms with Crippen LogP contribution in [0.1, 0.15) is 51.9 Å². The maximum absolute atomic E-state index is 14.4. The van der Waals surface area contributed by atoms with E-state index in [1.165, 1.54) is 34.7 Å². The second kappa shape index (κ2) is 11.8. The molecule has 15 heteroatoms. The third kappa shape index (κ3) is 5.88. The normalized spacial score (nSPS) is 13.7. The number of nitrogens with one attached hydrogen (secondary N) is 3. The molecule has 0 saturated heterocycles. The van der Waals surface area contributed by atoms with Gasteiger partial charge < -0.3 is 31.9 Å². The van der Waals surface area contributed by atoms with Crippen LogP contribution in [0, 0.1) is 5.82 Å². The zero-order chi connectivity index (χ0) is 31.7. The number of allylic oxidation sites excluding steroid dienone is 2. The number of aromatic nitrogens is 3. The summed E-state index contributed by atoms with van der Waals surface area (Å²) in [6, 6.07) is 4.87. The molecular weight excluding hydrogens is 577 g/mol. The van der Waals surface area contributed by atoms with Crippen LogP contribution in [0.15, 0.2) is 63.3 Å². The quantitative estimate of drug-likeness (QED) is 0.141. The van der Waals surface area contributed by atoms with Gasteiger partial charge in [-0.2, -0.15) is 4.98 Å². The number of aliphatic carboxylic acids is 1. The van der Waals surface area contributed by atoms with Gasteiger partial charge in [0.1, 0.15) is 28.6 Å². The van der Waals surface area contributed by atoms with Gasteiger partial charge in [0.25, 0.3) is 22.7 Å². The number of imidazole rings is 1. The van der Waals surface area contributed by atoms with Crippen molar-refractivity contribution in [1.29, 1.82) is 0 Å². The molecule has 2 aromatic heterocycles. The number of carbonyl (C=O) groups is 3. The summed E-state index contributed by atoms with van der Waals surface area (Å²) >= 11 is 0. The van der Waals surface area contributed by atoms with E-state index in [2.05, 4.69) is 25.9 Å². The van der Waals surface area contributed by atoms with Crippen LogP contribution >= 0.6 is 0 Å². The molecule has 1 atom stereocenters. The Kier molecular flexibility index (Phi) is 7.94. The molecule has 1 aliphatic rings. The summed E-state index contributed by atoms with van der Waals surface area (Å²) in [5, 5.41) is 27.2. The van der Waals surface area contributed by atoms with E-state index in [0.29, 0.717) is 18.4 Å². The topological polar surface area (TPSA) is 218 Å². The number of halogens is 1. The van der Waals surface area contributed by atoms with Crippen molar-refractivity contribution in [2.24, 2.45) is 0 Å². The second-order valence-electron chi connectivity index (χ2n) is 10.1. The van der Waals surface area contributed by atoms with E-state index in [1.54, 1.807) is 13.0 Å². The van der Waals surface area contributed by atoms with Gasteiger partial charge in [-0.15, -0.1) is 0 Å². The fraction of sp³-hybridized carbons (Fsp3) is 0.207. The number of nitrogens with two attached hydrogens (primary N) is 1. The average molecular weight is 604 g/mol. The Morgan fingerprint density at radius 1 is 1.07 bits per heavy atom. The average Bonchev–Trinajstić information content (AvgIpc) is 3.40. The van der Waals surface area contributed by atoms with Gasteiger partial charge in [-0.05, 0) is 49.1 Å². The number of fused-ring (bicyclic) bond motifs is 1. The molecular formula is C29H26FN7O7. The number of hydrogen-bond acceptors (Lipinski definition) is 10. The third-order valence-corrected chi connectivity index (χ3v) is 7.22. The number of carboxylic acids is 1. The lowest BCUT2D eigenvalue weighted by Gasteiger charge is -2.20. The Bertz CT molecular complexity index is 1970. The first-order valence-corrected chi connectivity index (χ1v) is 13.3. The van der Waals surface area contributed by atoms with Gasteiger partial charge in [0.05, 0.1) is 6.20 Å². The molecule has 1 aliphatic carbocycles. The van der Waals surface area contributed by atoms with Gasteiger partial charge >= 0.3 is 5.97 Å². The Labute approximate surface area is 247 Å². The van der Waals surface area contributed by atoms with Crippen LogP contribution in [0.2, 0.25) is 0 Å². The minimum Gasteiger partial charge on any atom is -0.492 e. The Hall–Kier alpha value is -5.86. The molecule has 2 heterocycles. The molecule has 0 saturated carbocycles. The first-order chi connectivity index (χ1) is 20.9. The van der Waals surface area contributed by atoms with Crippen LogP contribution < -0.4 is 32.5 Å². The highest BCUT2D eigenvalue weighted by Gasteiger charge is 2.22. The summed E-state index contributed by atoms with van der Waals surface area (Å²) in [4.78, 5) is 68.4. The molecule has 14 nitrogen and oxygen atoms in total. The number of aromatic hydroxyl groups is 1. The van der Waals surface area contributed by atoms with Crippen molar-refractivity contribution in [3.63, 3.8) is 0 Å². The molecule has 4 aromatic rings. The van der Waals surface area contributed by atoms with Gasteiger partial charge in [0.2, 0.25) is 11.7 Å². The lowest BCUT2D eigenvalue weighted by atomic mass is 9.94. The highest BCUT2D eigenvalue weighted by molar-refractivity contribution is 5.98. The van der Waals surface area contributed by atoms with E-state index in [0.717, 1.165) is 11.8 Å². The monoisotopic (exact) mass is 603 g/mol. The molecule has 7 N–H and O–H groups in total. The van der Waals surface area contributed by atoms with Crippen molar-refractivity contribution >= 4 is 34.9 Å². The highest BCUT2D eigenvalue weighted by atomic mass is 19.1. The van der Waals surface area contributed by atoms with Crippen LogP contribution in [0.3, 0.4) is 0 Å². The minimum atomic E-state index is -0.996. The molecule has 0 radical (unpaired) electrons. The zero-order valence-electron chi connectivity index (χ0n) is 23.2. The number of nitrogens with zero attached hydrogens (tertiary/aromatic N) is 3. The van der Waals surface area contributed by atoms with E-state index < -0.39 is 46.4 Å². The lowest BCUT2D eigenvalue weighted by molar-refractivity contribution is -0.132. The smallest absolute Gasteiger partial charge is 0.331 e. The van der Waals surface area contributed by atoms with Crippen molar-refractivity contribution in [2.45, 2.75) is 38.9 Å². The number of carbonyl (C=O) groups excluding carboxylic acids is 2. The predicted octanol–water partition coefficient (Wildman–Crippen LogP) is 1.14. The Morgan fingerprint density at radius 2 is 1.84 bits per heavy atom. The van der Waals surface area contributed by atoms with Crippen LogP contribution in [0.25, 0.3) is 5.78 Å². The van der Waals surface area contributed by atoms with Gasteiger partial charge in [-0.3, -0.25) is 23.6 Å². The fourth-order valence-electron chi connectivity index (χ4n) is 4.72. The van der Waals surface area contributed by atoms with Crippen molar-refractivity contribution in [3.8, 4) is 5.88 Å². The molecule has 0 bridgehead atoms. The van der Waals surface area contributed by atoms with E-state index in [9.17, 15) is 33.5 Å². The molecule has 0 fully saturated rings. The Balaban J connectivity index is 1.30. The fourth-order valence-corrected chi connectivity index (χ4v) is 4.72. The number of benzene rings is 1. The molecule has 226 valence electrons. The third-order valence-electron chi connectivity index (χ3n) is 7.22. The summed E-state index contributed by atoms with van der Waals surface area (Å²) in [6.07, 6.45) is 5.07. The molecule has 5 rings (SSSR count). The van der Waals surface area contributed by atoms with Crippen molar-refractivity contribution in [1.82, 2.24) is 25.0 Å². The van der Waals surface area contributed by atoms with Crippen LogP contribution in [-0.2, 0) is 17.9 Å². The van der Waals surface area contributed by atoms with Crippen molar-refractivity contribution in [2.75, 3.05) is 11.1 Å². The molecule has 0 aliphatic heterocycles. The van der Waals surface area contributed by atoms with Crippen LogP contribution in [0.5, 0.6) is 5.88 Å². The second-order valence-corrected chi connectivity index (χ2v) is 10.1. The summed E-state index contributed by atoms with van der Waals surface area (Å²) in [6.45, 7) is 1.54. The number of hydrogen-bond donors (Lipinski definition) is 6.